The highest BCUT2D eigenvalue weighted by Gasteiger charge is 2.29. The van der Waals surface area contributed by atoms with Crippen molar-refractivity contribution in [2.45, 2.75) is 18.8 Å². The van der Waals surface area contributed by atoms with Gasteiger partial charge in [0.05, 0.1) is 5.92 Å². The van der Waals surface area contributed by atoms with Crippen molar-refractivity contribution < 1.29 is 9.59 Å². The van der Waals surface area contributed by atoms with Gasteiger partial charge in [0.1, 0.15) is 0 Å². The number of hydrogen-bond acceptors (Lipinski definition) is 3. The van der Waals surface area contributed by atoms with Gasteiger partial charge in [-0.15, -0.1) is 11.3 Å². The Balaban J connectivity index is 2.07. The highest BCUT2D eigenvalue weighted by molar-refractivity contribution is 9.10. The molecule has 0 bridgehead atoms. The van der Waals surface area contributed by atoms with Gasteiger partial charge in [-0.1, -0.05) is 12.1 Å². The Kier molecular flexibility index (Phi) is 2.95. The number of benzene rings is 1. The number of carbonyl (C=O) groups excluding carboxylic acids is 2. The maximum atomic E-state index is 11.9. The van der Waals surface area contributed by atoms with Crippen LogP contribution in [0.3, 0.4) is 0 Å². The van der Waals surface area contributed by atoms with Crippen LogP contribution in [0.15, 0.2) is 28.1 Å². The first-order chi connectivity index (χ1) is 8.66. The van der Waals surface area contributed by atoms with Gasteiger partial charge >= 0.3 is 0 Å². The number of imide groups is 1. The van der Waals surface area contributed by atoms with Crippen molar-refractivity contribution in [1.29, 1.82) is 0 Å². The molecule has 2 heterocycles. The van der Waals surface area contributed by atoms with Crippen LogP contribution in [0, 0.1) is 0 Å². The van der Waals surface area contributed by atoms with E-state index in [0.717, 1.165) is 20.1 Å². The highest BCUT2D eigenvalue weighted by atomic mass is 79.9. The molecule has 3 rings (SSSR count). The van der Waals surface area contributed by atoms with Crippen molar-refractivity contribution in [3.8, 4) is 0 Å². The molecule has 0 saturated carbocycles. The van der Waals surface area contributed by atoms with Gasteiger partial charge < -0.3 is 0 Å². The summed E-state index contributed by atoms with van der Waals surface area (Å²) in [4.78, 5) is 23.1. The van der Waals surface area contributed by atoms with Crippen LogP contribution in [-0.4, -0.2) is 11.8 Å². The van der Waals surface area contributed by atoms with Gasteiger partial charge in [-0.05, 0) is 44.7 Å². The largest absolute Gasteiger partial charge is 0.296 e. The molecule has 18 heavy (non-hydrogen) atoms. The molecule has 1 aliphatic rings. The second kappa shape index (κ2) is 4.48. The summed E-state index contributed by atoms with van der Waals surface area (Å²) in [6.07, 6.45) is 1.02. The molecule has 3 nitrogen and oxygen atoms in total. The number of halogens is 1. The van der Waals surface area contributed by atoms with E-state index in [1.54, 1.807) is 11.3 Å². The Hall–Kier alpha value is -1.20. The van der Waals surface area contributed by atoms with E-state index >= 15 is 0 Å². The van der Waals surface area contributed by atoms with Crippen molar-refractivity contribution in [3.63, 3.8) is 0 Å². The van der Waals surface area contributed by atoms with Crippen LogP contribution in [-0.2, 0) is 9.59 Å². The van der Waals surface area contributed by atoms with E-state index in [1.165, 1.54) is 0 Å². The zero-order valence-electron chi connectivity index (χ0n) is 9.40. The smallest absolute Gasteiger partial charge is 0.234 e. The van der Waals surface area contributed by atoms with E-state index in [4.69, 9.17) is 0 Å². The van der Waals surface area contributed by atoms with Gasteiger partial charge in [-0.3, -0.25) is 14.9 Å². The summed E-state index contributed by atoms with van der Waals surface area (Å²) >= 11 is 5.14. The molecule has 5 heteroatoms. The van der Waals surface area contributed by atoms with Crippen LogP contribution in [0.2, 0.25) is 0 Å². The molecule has 1 aliphatic heterocycles. The van der Waals surface area contributed by atoms with E-state index in [0.29, 0.717) is 12.8 Å². The second-order valence-corrected chi connectivity index (χ2v) is 6.05. The first-order valence-corrected chi connectivity index (χ1v) is 7.33. The molecule has 2 amide bonds. The molecule has 0 spiro atoms. The Bertz CT molecular complexity index is 649. The molecule has 0 aliphatic carbocycles. The van der Waals surface area contributed by atoms with Crippen molar-refractivity contribution in [2.75, 3.05) is 0 Å². The summed E-state index contributed by atoms with van der Waals surface area (Å²) < 4.78 is 2.20. The second-order valence-electron chi connectivity index (χ2n) is 4.31. The lowest BCUT2D eigenvalue weighted by Gasteiger charge is -2.20. The number of nitrogens with one attached hydrogen (secondary N) is 1. The molecule has 0 radical (unpaired) electrons. The number of amides is 2. The predicted octanol–water partition coefficient (Wildman–Crippen LogP) is 3.18. The lowest BCUT2D eigenvalue weighted by Crippen LogP contribution is -2.39. The van der Waals surface area contributed by atoms with Gasteiger partial charge in [0.15, 0.2) is 0 Å². The lowest BCUT2D eigenvalue weighted by molar-refractivity contribution is -0.134. The zero-order valence-corrected chi connectivity index (χ0v) is 11.8. The number of rotatable bonds is 1. The van der Waals surface area contributed by atoms with E-state index < -0.39 is 0 Å². The van der Waals surface area contributed by atoms with Crippen molar-refractivity contribution in [1.82, 2.24) is 5.32 Å². The molecule has 1 atom stereocenters. The lowest BCUT2D eigenvalue weighted by atomic mass is 9.90. The van der Waals surface area contributed by atoms with Crippen LogP contribution >= 0.6 is 27.3 Å². The van der Waals surface area contributed by atoms with E-state index in [2.05, 4.69) is 21.2 Å². The standard InChI is InChI=1S/C13H10BrNO2S/c14-10-3-1-2-7-9(6-18-12(7)10)8-4-5-11(16)15-13(8)17/h1-3,6,8H,4-5H2,(H,15,16,17). The minimum atomic E-state index is -0.203. The first-order valence-electron chi connectivity index (χ1n) is 5.66. The minimum Gasteiger partial charge on any atom is -0.296 e. The molecule has 1 fully saturated rings. The Labute approximate surface area is 116 Å². The van der Waals surface area contributed by atoms with Gasteiger partial charge in [0.2, 0.25) is 11.8 Å². The Morgan fingerprint density at radius 3 is 2.94 bits per heavy atom. The normalized spacial score (nSPS) is 20.2. The third kappa shape index (κ3) is 1.87. The van der Waals surface area contributed by atoms with Gasteiger partial charge in [-0.2, -0.15) is 0 Å². The third-order valence-electron chi connectivity index (χ3n) is 3.20. The van der Waals surface area contributed by atoms with Crippen molar-refractivity contribution in [2.24, 2.45) is 0 Å². The van der Waals surface area contributed by atoms with Crippen LogP contribution < -0.4 is 5.32 Å². The van der Waals surface area contributed by atoms with E-state index in [9.17, 15) is 9.59 Å². The van der Waals surface area contributed by atoms with Gasteiger partial charge in [0, 0.05) is 15.6 Å². The topological polar surface area (TPSA) is 46.2 Å². The van der Waals surface area contributed by atoms with Gasteiger partial charge in [-0.25, -0.2) is 0 Å². The summed E-state index contributed by atoms with van der Waals surface area (Å²) in [6.45, 7) is 0. The molecular formula is C13H10BrNO2S. The summed E-state index contributed by atoms with van der Waals surface area (Å²) in [5.74, 6) is -0.548. The third-order valence-corrected chi connectivity index (χ3v) is 5.17. The van der Waals surface area contributed by atoms with Crippen molar-refractivity contribution in [3.05, 3.63) is 33.6 Å². The number of piperidine rings is 1. The fourth-order valence-electron chi connectivity index (χ4n) is 2.30. The van der Waals surface area contributed by atoms with Crippen LogP contribution in [0.1, 0.15) is 24.3 Å². The van der Waals surface area contributed by atoms with Crippen LogP contribution in [0.4, 0.5) is 0 Å². The average molecular weight is 324 g/mol. The molecule has 2 aromatic rings. The number of hydrogen-bond donors (Lipinski definition) is 1. The molecule has 1 aromatic heterocycles. The predicted molar refractivity (Wildman–Crippen MR) is 74.6 cm³/mol. The first kappa shape index (κ1) is 11.9. The van der Waals surface area contributed by atoms with Crippen molar-refractivity contribution >= 4 is 49.2 Å². The highest BCUT2D eigenvalue weighted by Crippen LogP contribution is 2.38. The van der Waals surface area contributed by atoms with E-state index in [-0.39, 0.29) is 17.7 Å². The minimum absolute atomic E-state index is 0.169. The Morgan fingerprint density at radius 2 is 2.17 bits per heavy atom. The molecule has 92 valence electrons. The molecule has 1 unspecified atom stereocenters. The maximum Gasteiger partial charge on any atom is 0.234 e. The molecule has 1 aromatic carbocycles. The summed E-state index contributed by atoms with van der Waals surface area (Å²) in [5, 5.41) is 5.54. The fourth-order valence-corrected chi connectivity index (χ4v) is 3.98. The van der Waals surface area contributed by atoms with E-state index in [1.807, 2.05) is 23.6 Å². The average Bonchev–Trinajstić information content (AvgIpc) is 2.74. The maximum absolute atomic E-state index is 11.9. The van der Waals surface area contributed by atoms with Crippen LogP contribution in [0.5, 0.6) is 0 Å². The quantitative estimate of drug-likeness (QED) is 0.819. The summed E-state index contributed by atoms with van der Waals surface area (Å²) in [6, 6.07) is 5.98. The number of carbonyl (C=O) groups is 2. The zero-order chi connectivity index (χ0) is 12.7. The monoisotopic (exact) mass is 323 g/mol. The summed E-state index contributed by atoms with van der Waals surface area (Å²) in [5.41, 5.74) is 1.03. The molecule has 1 saturated heterocycles. The number of thiophene rings is 1. The molecular weight excluding hydrogens is 314 g/mol. The number of fused-ring (bicyclic) bond motifs is 1. The van der Waals surface area contributed by atoms with Crippen LogP contribution in [0.25, 0.3) is 10.1 Å². The SMILES string of the molecule is O=C1CCC(c2csc3c(Br)cccc23)C(=O)N1. The molecule has 1 N–H and O–H groups in total. The fraction of sp³-hybridized carbons (Fsp3) is 0.231. The Morgan fingerprint density at radius 1 is 1.33 bits per heavy atom. The van der Waals surface area contributed by atoms with Gasteiger partial charge in [0.25, 0.3) is 0 Å². The summed E-state index contributed by atoms with van der Waals surface area (Å²) in [7, 11) is 0.